The van der Waals surface area contributed by atoms with Crippen molar-refractivity contribution in [3.8, 4) is 11.4 Å². The van der Waals surface area contributed by atoms with Crippen LogP contribution in [0.1, 0.15) is 38.6 Å². The lowest BCUT2D eigenvalue weighted by atomic mass is 10.2. The first-order chi connectivity index (χ1) is 14.9. The molecule has 0 aliphatic heterocycles. The number of thioether (sulfide) groups is 1. The first-order valence-corrected chi connectivity index (χ1v) is 11.3. The standard InChI is InChI=1S/C22H21ClF2N4OS/c1-13(21(30)26-19-11-10-14(24)12-18(19)25)31-22-28-27-20(16-8-4-5-9-17(16)23)29(22)15-6-2-3-7-15/h4-5,8-13,15H,2-3,6-7H2,1H3,(H,26,30). The third kappa shape index (κ3) is 4.75. The quantitative estimate of drug-likeness (QED) is 0.449. The van der Waals surface area contributed by atoms with Crippen molar-refractivity contribution < 1.29 is 13.6 Å². The van der Waals surface area contributed by atoms with Gasteiger partial charge in [-0.3, -0.25) is 9.36 Å². The van der Waals surface area contributed by atoms with Crippen LogP contribution in [0.15, 0.2) is 47.6 Å². The number of anilines is 1. The molecule has 0 radical (unpaired) electrons. The van der Waals surface area contributed by atoms with Gasteiger partial charge in [0.05, 0.1) is 16.0 Å². The first-order valence-electron chi connectivity index (χ1n) is 10.1. The monoisotopic (exact) mass is 462 g/mol. The maximum Gasteiger partial charge on any atom is 0.237 e. The highest BCUT2D eigenvalue weighted by atomic mass is 35.5. The van der Waals surface area contributed by atoms with Crippen LogP contribution in [0.2, 0.25) is 5.02 Å². The molecular formula is C22H21ClF2N4OS. The number of nitrogens with one attached hydrogen (secondary N) is 1. The molecule has 3 aromatic rings. The largest absolute Gasteiger partial charge is 0.323 e. The summed E-state index contributed by atoms with van der Waals surface area (Å²) in [4.78, 5) is 12.6. The molecule has 1 unspecified atom stereocenters. The number of carbonyl (C=O) groups is 1. The van der Waals surface area contributed by atoms with Crippen LogP contribution in [0.3, 0.4) is 0 Å². The van der Waals surface area contributed by atoms with Crippen molar-refractivity contribution in [1.29, 1.82) is 0 Å². The van der Waals surface area contributed by atoms with Crippen molar-refractivity contribution >= 4 is 35.0 Å². The normalized spacial score (nSPS) is 15.2. The van der Waals surface area contributed by atoms with Gasteiger partial charge in [-0.2, -0.15) is 0 Å². The molecule has 31 heavy (non-hydrogen) atoms. The van der Waals surface area contributed by atoms with E-state index in [1.54, 1.807) is 6.92 Å². The molecule has 1 aliphatic carbocycles. The summed E-state index contributed by atoms with van der Waals surface area (Å²) in [5.74, 6) is -1.25. The van der Waals surface area contributed by atoms with Gasteiger partial charge in [0.25, 0.3) is 0 Å². The van der Waals surface area contributed by atoms with Gasteiger partial charge in [-0.05, 0) is 44.0 Å². The van der Waals surface area contributed by atoms with E-state index >= 15 is 0 Å². The second kappa shape index (κ2) is 9.36. The van der Waals surface area contributed by atoms with Crippen molar-refractivity contribution in [3.05, 3.63) is 59.1 Å². The predicted molar refractivity (Wildman–Crippen MR) is 118 cm³/mol. The Morgan fingerprint density at radius 1 is 1.19 bits per heavy atom. The molecule has 0 spiro atoms. The van der Waals surface area contributed by atoms with E-state index in [1.165, 1.54) is 17.8 Å². The topological polar surface area (TPSA) is 59.8 Å². The van der Waals surface area contributed by atoms with Gasteiger partial charge in [0.15, 0.2) is 11.0 Å². The number of hydrogen-bond acceptors (Lipinski definition) is 4. The summed E-state index contributed by atoms with van der Waals surface area (Å²) < 4.78 is 29.1. The van der Waals surface area contributed by atoms with E-state index in [0.29, 0.717) is 16.0 Å². The Morgan fingerprint density at radius 2 is 1.94 bits per heavy atom. The maximum absolute atomic E-state index is 13.9. The molecule has 1 amide bonds. The van der Waals surface area contributed by atoms with Crippen LogP contribution < -0.4 is 5.32 Å². The molecule has 9 heteroatoms. The summed E-state index contributed by atoms with van der Waals surface area (Å²) in [5.41, 5.74) is 0.730. The maximum atomic E-state index is 13.9. The average Bonchev–Trinajstić information content (AvgIpc) is 3.40. The third-order valence-corrected chi connectivity index (χ3v) is 6.70. The zero-order chi connectivity index (χ0) is 22.0. The highest BCUT2D eigenvalue weighted by Gasteiger charge is 2.28. The van der Waals surface area contributed by atoms with E-state index in [9.17, 15) is 13.6 Å². The fourth-order valence-electron chi connectivity index (χ4n) is 3.71. The number of hydrogen-bond donors (Lipinski definition) is 1. The van der Waals surface area contributed by atoms with Crippen LogP contribution >= 0.6 is 23.4 Å². The minimum absolute atomic E-state index is 0.0622. The summed E-state index contributed by atoms with van der Waals surface area (Å²) >= 11 is 7.66. The van der Waals surface area contributed by atoms with Gasteiger partial charge in [0.1, 0.15) is 11.6 Å². The number of nitrogens with zero attached hydrogens (tertiary/aromatic N) is 3. The summed E-state index contributed by atoms with van der Waals surface area (Å²) in [6, 6.07) is 10.7. The van der Waals surface area contributed by atoms with Crippen molar-refractivity contribution in [2.24, 2.45) is 0 Å². The van der Waals surface area contributed by atoms with Gasteiger partial charge >= 0.3 is 0 Å². The van der Waals surface area contributed by atoms with Gasteiger partial charge in [-0.25, -0.2) is 8.78 Å². The lowest BCUT2D eigenvalue weighted by Gasteiger charge is -2.19. The first kappa shape index (κ1) is 21.8. The van der Waals surface area contributed by atoms with E-state index in [1.807, 2.05) is 24.3 Å². The lowest BCUT2D eigenvalue weighted by Crippen LogP contribution is -2.23. The smallest absolute Gasteiger partial charge is 0.237 e. The molecule has 1 aromatic heterocycles. The highest BCUT2D eigenvalue weighted by Crippen LogP contribution is 2.39. The molecule has 1 fully saturated rings. The summed E-state index contributed by atoms with van der Waals surface area (Å²) in [6.45, 7) is 1.71. The number of halogens is 3. The number of amides is 1. The van der Waals surface area contributed by atoms with Crippen molar-refractivity contribution in [1.82, 2.24) is 14.8 Å². The minimum Gasteiger partial charge on any atom is -0.323 e. The summed E-state index contributed by atoms with van der Waals surface area (Å²) in [5, 5.41) is 11.9. The van der Waals surface area contributed by atoms with E-state index < -0.39 is 22.8 Å². The van der Waals surface area contributed by atoms with E-state index in [0.717, 1.165) is 43.4 Å². The molecule has 2 aromatic carbocycles. The molecule has 4 rings (SSSR count). The van der Waals surface area contributed by atoms with Crippen LogP contribution in [0, 0.1) is 11.6 Å². The van der Waals surface area contributed by atoms with Crippen LogP contribution in [0.25, 0.3) is 11.4 Å². The second-order valence-corrected chi connectivity index (χ2v) is 9.18. The zero-order valence-electron chi connectivity index (χ0n) is 16.8. The van der Waals surface area contributed by atoms with Gasteiger partial charge in [0.2, 0.25) is 5.91 Å². The van der Waals surface area contributed by atoms with E-state index in [4.69, 9.17) is 11.6 Å². The SMILES string of the molecule is CC(Sc1nnc(-c2ccccc2Cl)n1C1CCCC1)C(=O)Nc1ccc(F)cc1F. The number of benzene rings is 2. The minimum atomic E-state index is -0.819. The average molecular weight is 463 g/mol. The second-order valence-electron chi connectivity index (χ2n) is 7.47. The molecule has 0 bridgehead atoms. The van der Waals surface area contributed by atoms with Crippen LogP contribution in [0.5, 0.6) is 0 Å². The number of rotatable bonds is 6. The predicted octanol–water partition coefficient (Wildman–Crippen LogP) is 6.11. The Balaban J connectivity index is 1.59. The molecule has 1 atom stereocenters. The zero-order valence-corrected chi connectivity index (χ0v) is 18.4. The highest BCUT2D eigenvalue weighted by molar-refractivity contribution is 8.00. The Hall–Kier alpha value is -2.45. The fraction of sp³-hybridized carbons (Fsp3) is 0.318. The molecule has 1 aliphatic rings. The van der Waals surface area contributed by atoms with E-state index in [2.05, 4.69) is 20.1 Å². The number of carbonyl (C=O) groups excluding carboxylic acids is 1. The molecule has 0 saturated heterocycles. The molecular weight excluding hydrogens is 442 g/mol. The van der Waals surface area contributed by atoms with Crippen molar-refractivity contribution in [2.45, 2.75) is 49.1 Å². The Bertz CT molecular complexity index is 1100. The van der Waals surface area contributed by atoms with Crippen molar-refractivity contribution in [3.63, 3.8) is 0 Å². The molecule has 162 valence electrons. The molecule has 1 N–H and O–H groups in total. The lowest BCUT2D eigenvalue weighted by molar-refractivity contribution is -0.115. The van der Waals surface area contributed by atoms with E-state index in [-0.39, 0.29) is 11.7 Å². The Kier molecular flexibility index (Phi) is 6.57. The van der Waals surface area contributed by atoms with Crippen molar-refractivity contribution in [2.75, 3.05) is 5.32 Å². The van der Waals surface area contributed by atoms with Crippen LogP contribution in [-0.4, -0.2) is 25.9 Å². The van der Waals surface area contributed by atoms with Gasteiger partial charge in [-0.15, -0.1) is 10.2 Å². The van der Waals surface area contributed by atoms with Gasteiger partial charge in [-0.1, -0.05) is 48.3 Å². The molecule has 5 nitrogen and oxygen atoms in total. The van der Waals surface area contributed by atoms with Gasteiger partial charge < -0.3 is 5.32 Å². The number of aromatic nitrogens is 3. The third-order valence-electron chi connectivity index (χ3n) is 5.31. The Labute approximate surface area is 188 Å². The van der Waals surface area contributed by atoms with Crippen LogP contribution in [0.4, 0.5) is 14.5 Å². The Morgan fingerprint density at radius 3 is 2.65 bits per heavy atom. The molecule has 1 saturated carbocycles. The summed E-state index contributed by atoms with van der Waals surface area (Å²) in [7, 11) is 0. The summed E-state index contributed by atoms with van der Waals surface area (Å²) in [6.07, 6.45) is 4.25. The van der Waals surface area contributed by atoms with Gasteiger partial charge in [0, 0.05) is 17.7 Å². The fourth-order valence-corrected chi connectivity index (χ4v) is 4.85. The molecule has 1 heterocycles. The van der Waals surface area contributed by atoms with Crippen LogP contribution in [-0.2, 0) is 4.79 Å².